The smallest absolute Gasteiger partial charge is 0.240 e. The third kappa shape index (κ3) is 4.03. The molecule has 21 heavy (non-hydrogen) atoms. The topological polar surface area (TPSA) is 71.1 Å². The van der Waals surface area contributed by atoms with Crippen LogP contribution in [0.15, 0.2) is 47.6 Å². The molecule has 1 heterocycles. The third-order valence-corrected chi connectivity index (χ3v) is 4.69. The summed E-state index contributed by atoms with van der Waals surface area (Å²) in [6.45, 7) is 4.82. The molecule has 0 saturated heterocycles. The van der Waals surface area contributed by atoms with Crippen molar-refractivity contribution in [2.24, 2.45) is 0 Å². The van der Waals surface area contributed by atoms with Crippen LogP contribution in [0.2, 0.25) is 0 Å². The van der Waals surface area contributed by atoms with E-state index in [0.717, 1.165) is 11.3 Å². The molecule has 6 heteroatoms. The average molecular weight is 305 g/mol. The lowest BCUT2D eigenvalue weighted by molar-refractivity contribution is 0.584. The number of pyridine rings is 1. The molecule has 112 valence electrons. The third-order valence-electron chi connectivity index (χ3n) is 3.13. The van der Waals surface area contributed by atoms with E-state index in [4.69, 9.17) is 0 Å². The van der Waals surface area contributed by atoms with Crippen molar-refractivity contribution in [3.05, 3.63) is 53.9 Å². The molecule has 0 saturated carbocycles. The van der Waals surface area contributed by atoms with Crippen molar-refractivity contribution in [2.45, 2.75) is 25.3 Å². The molecule has 1 aromatic carbocycles. The summed E-state index contributed by atoms with van der Waals surface area (Å²) in [5.74, 6) is 0. The Kier molecular flexibility index (Phi) is 4.93. The molecule has 2 rings (SSSR count). The van der Waals surface area contributed by atoms with Crippen molar-refractivity contribution < 1.29 is 8.42 Å². The fraction of sp³-hybridized carbons (Fsp3) is 0.267. The van der Waals surface area contributed by atoms with Crippen LogP contribution < -0.4 is 10.0 Å². The van der Waals surface area contributed by atoms with Gasteiger partial charge in [0.15, 0.2) is 0 Å². The predicted molar refractivity (Wildman–Crippen MR) is 83.6 cm³/mol. The van der Waals surface area contributed by atoms with Crippen LogP contribution in [0.3, 0.4) is 0 Å². The summed E-state index contributed by atoms with van der Waals surface area (Å²) < 4.78 is 26.1. The van der Waals surface area contributed by atoms with Gasteiger partial charge in [0, 0.05) is 31.2 Å². The van der Waals surface area contributed by atoms with E-state index in [2.05, 4.69) is 15.0 Å². The standard InChI is InChI=1S/C15H19N3O2S/c1-3-18-21(19,20)15-6-4-14(5-7-15)17-11-13-10-16-9-8-12(13)2/h4-10,17-18H,3,11H2,1-2H3. The molecule has 1 aromatic heterocycles. The molecule has 2 N–H and O–H groups in total. The number of benzene rings is 1. The Hall–Kier alpha value is -1.92. The molecular formula is C15H19N3O2S. The maximum Gasteiger partial charge on any atom is 0.240 e. The van der Waals surface area contributed by atoms with Gasteiger partial charge in [-0.05, 0) is 48.4 Å². The number of aromatic nitrogens is 1. The zero-order valence-corrected chi connectivity index (χ0v) is 12.9. The van der Waals surface area contributed by atoms with E-state index in [9.17, 15) is 8.42 Å². The minimum absolute atomic E-state index is 0.271. The number of anilines is 1. The number of sulfonamides is 1. The van der Waals surface area contributed by atoms with Crippen LogP contribution in [0, 0.1) is 6.92 Å². The van der Waals surface area contributed by atoms with Crippen molar-refractivity contribution in [2.75, 3.05) is 11.9 Å². The maximum atomic E-state index is 11.8. The first-order chi connectivity index (χ1) is 10.0. The van der Waals surface area contributed by atoms with E-state index < -0.39 is 10.0 Å². The predicted octanol–water partition coefficient (Wildman–Crippen LogP) is 2.30. The van der Waals surface area contributed by atoms with Crippen molar-refractivity contribution in [1.82, 2.24) is 9.71 Å². The highest BCUT2D eigenvalue weighted by atomic mass is 32.2. The van der Waals surface area contributed by atoms with Crippen molar-refractivity contribution in [1.29, 1.82) is 0 Å². The number of nitrogens with one attached hydrogen (secondary N) is 2. The van der Waals surface area contributed by atoms with E-state index in [-0.39, 0.29) is 4.90 Å². The van der Waals surface area contributed by atoms with Gasteiger partial charge in [0.05, 0.1) is 4.90 Å². The highest BCUT2D eigenvalue weighted by molar-refractivity contribution is 7.89. The van der Waals surface area contributed by atoms with Gasteiger partial charge in [0.25, 0.3) is 0 Å². The zero-order chi connectivity index (χ0) is 15.3. The summed E-state index contributed by atoms with van der Waals surface area (Å²) in [7, 11) is -3.39. The molecule has 0 fully saturated rings. The highest BCUT2D eigenvalue weighted by Crippen LogP contribution is 2.15. The molecule has 2 aromatic rings. The summed E-state index contributed by atoms with van der Waals surface area (Å²) >= 11 is 0. The van der Waals surface area contributed by atoms with E-state index in [1.165, 1.54) is 5.56 Å². The first-order valence-electron chi connectivity index (χ1n) is 6.76. The summed E-state index contributed by atoms with van der Waals surface area (Å²) in [5, 5.41) is 3.26. The molecule has 0 aliphatic rings. The normalized spacial score (nSPS) is 11.3. The van der Waals surface area contributed by atoms with Gasteiger partial charge >= 0.3 is 0 Å². The molecule has 0 unspecified atom stereocenters. The van der Waals surface area contributed by atoms with E-state index in [1.54, 1.807) is 37.4 Å². The van der Waals surface area contributed by atoms with Crippen LogP contribution in [-0.4, -0.2) is 19.9 Å². The van der Waals surface area contributed by atoms with Gasteiger partial charge in [-0.2, -0.15) is 0 Å². The van der Waals surface area contributed by atoms with E-state index >= 15 is 0 Å². The number of aryl methyl sites for hydroxylation is 1. The molecule has 0 radical (unpaired) electrons. The molecule has 5 nitrogen and oxygen atoms in total. The van der Waals surface area contributed by atoms with Crippen LogP contribution in [0.5, 0.6) is 0 Å². The van der Waals surface area contributed by atoms with Crippen molar-refractivity contribution in [3.63, 3.8) is 0 Å². The molecule has 0 aliphatic carbocycles. The molecule has 0 spiro atoms. The highest BCUT2D eigenvalue weighted by Gasteiger charge is 2.11. The van der Waals surface area contributed by atoms with Crippen molar-refractivity contribution >= 4 is 15.7 Å². The molecule has 0 amide bonds. The van der Waals surface area contributed by atoms with Crippen LogP contribution in [-0.2, 0) is 16.6 Å². The second kappa shape index (κ2) is 6.69. The van der Waals surface area contributed by atoms with Crippen molar-refractivity contribution in [3.8, 4) is 0 Å². The first-order valence-corrected chi connectivity index (χ1v) is 8.24. The summed E-state index contributed by atoms with van der Waals surface area (Å²) in [6.07, 6.45) is 3.59. The van der Waals surface area contributed by atoms with Gasteiger partial charge in [0.2, 0.25) is 10.0 Å². The van der Waals surface area contributed by atoms with Crippen LogP contribution in [0.4, 0.5) is 5.69 Å². The van der Waals surface area contributed by atoms with Crippen LogP contribution >= 0.6 is 0 Å². The second-order valence-electron chi connectivity index (χ2n) is 4.68. The average Bonchev–Trinajstić information content (AvgIpc) is 2.47. The van der Waals surface area contributed by atoms with E-state index in [0.29, 0.717) is 13.1 Å². The van der Waals surface area contributed by atoms with E-state index in [1.807, 2.05) is 19.2 Å². The molecule has 0 bridgehead atoms. The van der Waals surface area contributed by atoms with Gasteiger partial charge in [-0.1, -0.05) is 6.92 Å². The Balaban J connectivity index is 2.05. The molecule has 0 aliphatic heterocycles. The second-order valence-corrected chi connectivity index (χ2v) is 6.45. The van der Waals surface area contributed by atoms with Gasteiger partial charge in [-0.15, -0.1) is 0 Å². The SMILES string of the molecule is CCNS(=O)(=O)c1ccc(NCc2cnccc2C)cc1. The van der Waals surface area contributed by atoms with Gasteiger partial charge in [-0.25, -0.2) is 13.1 Å². The Morgan fingerprint density at radius 1 is 1.14 bits per heavy atom. The lowest BCUT2D eigenvalue weighted by atomic mass is 10.1. The summed E-state index contributed by atoms with van der Waals surface area (Å²) in [5.41, 5.74) is 3.15. The number of hydrogen-bond acceptors (Lipinski definition) is 4. The summed E-state index contributed by atoms with van der Waals surface area (Å²) in [6, 6.07) is 8.67. The van der Waals surface area contributed by atoms with Crippen LogP contribution in [0.25, 0.3) is 0 Å². The van der Waals surface area contributed by atoms with Gasteiger partial charge < -0.3 is 5.32 Å². The number of hydrogen-bond donors (Lipinski definition) is 2. The minimum atomic E-state index is -3.39. The number of rotatable bonds is 6. The Morgan fingerprint density at radius 2 is 1.86 bits per heavy atom. The quantitative estimate of drug-likeness (QED) is 0.859. The lowest BCUT2D eigenvalue weighted by Gasteiger charge is -2.09. The lowest BCUT2D eigenvalue weighted by Crippen LogP contribution is -2.23. The molecular weight excluding hydrogens is 286 g/mol. The Labute approximate surface area is 125 Å². The van der Waals surface area contributed by atoms with Gasteiger partial charge in [0.1, 0.15) is 0 Å². The fourth-order valence-electron chi connectivity index (χ4n) is 1.90. The largest absolute Gasteiger partial charge is 0.381 e. The first kappa shape index (κ1) is 15.5. The Bertz CT molecular complexity index is 697. The van der Waals surface area contributed by atoms with Gasteiger partial charge in [-0.3, -0.25) is 4.98 Å². The Morgan fingerprint density at radius 3 is 2.48 bits per heavy atom. The zero-order valence-electron chi connectivity index (χ0n) is 12.1. The van der Waals surface area contributed by atoms with Crippen LogP contribution in [0.1, 0.15) is 18.1 Å². The number of nitrogens with zero attached hydrogens (tertiary/aromatic N) is 1. The summed E-state index contributed by atoms with van der Waals surface area (Å²) in [4.78, 5) is 4.37. The maximum absolute atomic E-state index is 11.8. The molecule has 0 atom stereocenters. The minimum Gasteiger partial charge on any atom is -0.381 e. The monoisotopic (exact) mass is 305 g/mol. The fourth-order valence-corrected chi connectivity index (χ4v) is 2.95.